The highest BCUT2D eigenvalue weighted by atomic mass is 16.3. The Bertz CT molecular complexity index is 527. The average Bonchev–Trinajstić information content (AvgIpc) is 3.04. The molecule has 0 aliphatic carbocycles. The highest BCUT2D eigenvalue weighted by Crippen LogP contribution is 2.22. The van der Waals surface area contributed by atoms with Crippen molar-refractivity contribution < 1.29 is 5.11 Å². The Morgan fingerprint density at radius 2 is 1.48 bits per heavy atom. The van der Waals surface area contributed by atoms with Crippen LogP contribution in [0.1, 0.15) is 24.0 Å². The van der Waals surface area contributed by atoms with Crippen LogP contribution in [-0.2, 0) is 12.8 Å². The molecule has 0 amide bonds. The number of nitrogens with zero attached hydrogens (tertiary/aromatic N) is 1. The summed E-state index contributed by atoms with van der Waals surface area (Å²) in [4.78, 5) is 2.50. The predicted molar refractivity (Wildman–Crippen MR) is 95.5 cm³/mol. The van der Waals surface area contributed by atoms with Crippen molar-refractivity contribution in [2.45, 2.75) is 31.7 Å². The molecule has 3 rings (SSSR count). The van der Waals surface area contributed by atoms with Crippen LogP contribution in [0.15, 0.2) is 60.7 Å². The third kappa shape index (κ3) is 4.66. The second-order valence-electron chi connectivity index (χ2n) is 6.72. The van der Waals surface area contributed by atoms with Crippen LogP contribution in [-0.4, -0.2) is 35.7 Å². The molecule has 0 saturated carbocycles. The van der Waals surface area contributed by atoms with Gasteiger partial charge in [0, 0.05) is 12.6 Å². The molecule has 2 heteroatoms. The summed E-state index contributed by atoms with van der Waals surface area (Å²) in [6, 6.07) is 21.9. The Hall–Kier alpha value is -1.64. The summed E-state index contributed by atoms with van der Waals surface area (Å²) >= 11 is 0. The lowest BCUT2D eigenvalue weighted by Crippen LogP contribution is -2.37. The SMILES string of the molecule is OC[C@@H]1CCCN1CC(Cc1ccccc1)Cc1ccccc1. The Labute approximate surface area is 139 Å². The summed E-state index contributed by atoms with van der Waals surface area (Å²) < 4.78 is 0. The molecule has 2 aromatic rings. The van der Waals surface area contributed by atoms with E-state index in [2.05, 4.69) is 65.6 Å². The van der Waals surface area contributed by atoms with Crippen LogP contribution in [0, 0.1) is 5.92 Å². The molecule has 1 heterocycles. The number of benzene rings is 2. The van der Waals surface area contributed by atoms with E-state index >= 15 is 0 Å². The van der Waals surface area contributed by atoms with Gasteiger partial charge in [-0.2, -0.15) is 0 Å². The quantitative estimate of drug-likeness (QED) is 0.845. The maximum Gasteiger partial charge on any atom is 0.0586 e. The van der Waals surface area contributed by atoms with Crippen molar-refractivity contribution in [3.05, 3.63) is 71.8 Å². The van der Waals surface area contributed by atoms with Crippen molar-refractivity contribution >= 4 is 0 Å². The zero-order valence-corrected chi connectivity index (χ0v) is 13.8. The van der Waals surface area contributed by atoms with Gasteiger partial charge in [0.15, 0.2) is 0 Å². The van der Waals surface area contributed by atoms with Crippen molar-refractivity contribution in [3.63, 3.8) is 0 Å². The second-order valence-corrected chi connectivity index (χ2v) is 6.72. The molecule has 1 N–H and O–H groups in total. The van der Waals surface area contributed by atoms with Crippen molar-refractivity contribution in [2.75, 3.05) is 19.7 Å². The first-order valence-electron chi connectivity index (χ1n) is 8.78. The van der Waals surface area contributed by atoms with E-state index < -0.39 is 0 Å². The van der Waals surface area contributed by atoms with Crippen LogP contribution in [0.5, 0.6) is 0 Å². The molecule has 122 valence electrons. The zero-order valence-electron chi connectivity index (χ0n) is 13.8. The number of hydrogen-bond acceptors (Lipinski definition) is 2. The summed E-state index contributed by atoms with van der Waals surface area (Å²) in [5.41, 5.74) is 2.82. The van der Waals surface area contributed by atoms with Crippen molar-refractivity contribution in [1.29, 1.82) is 0 Å². The number of rotatable bonds is 7. The Morgan fingerprint density at radius 1 is 0.913 bits per heavy atom. The van der Waals surface area contributed by atoms with Crippen LogP contribution in [0.3, 0.4) is 0 Å². The van der Waals surface area contributed by atoms with Gasteiger partial charge < -0.3 is 5.11 Å². The Balaban J connectivity index is 1.70. The largest absolute Gasteiger partial charge is 0.395 e. The molecule has 1 saturated heterocycles. The topological polar surface area (TPSA) is 23.5 Å². The Morgan fingerprint density at radius 3 is 2.00 bits per heavy atom. The summed E-state index contributed by atoms with van der Waals surface area (Å²) in [7, 11) is 0. The van der Waals surface area contributed by atoms with E-state index in [9.17, 15) is 5.11 Å². The van der Waals surface area contributed by atoms with Gasteiger partial charge in [0.2, 0.25) is 0 Å². The van der Waals surface area contributed by atoms with Gasteiger partial charge in [-0.25, -0.2) is 0 Å². The van der Waals surface area contributed by atoms with Crippen LogP contribution in [0.25, 0.3) is 0 Å². The van der Waals surface area contributed by atoms with Gasteiger partial charge in [-0.3, -0.25) is 4.90 Å². The lowest BCUT2D eigenvalue weighted by molar-refractivity contribution is 0.141. The maximum atomic E-state index is 9.59. The molecule has 2 aromatic carbocycles. The predicted octanol–water partition coefficient (Wildman–Crippen LogP) is 3.54. The van der Waals surface area contributed by atoms with E-state index in [1.165, 1.54) is 17.5 Å². The smallest absolute Gasteiger partial charge is 0.0586 e. The van der Waals surface area contributed by atoms with E-state index in [1.54, 1.807) is 0 Å². The first-order valence-corrected chi connectivity index (χ1v) is 8.78. The standard InChI is InChI=1S/C21H27NO/c23-17-21-12-7-13-22(21)16-20(14-18-8-3-1-4-9-18)15-19-10-5-2-6-11-19/h1-6,8-11,20-21,23H,7,12-17H2/t21-/m0/s1. The number of aliphatic hydroxyl groups is 1. The second kappa shape index (κ2) is 8.28. The molecule has 0 aromatic heterocycles. The minimum atomic E-state index is 0.295. The molecule has 1 aliphatic rings. The van der Waals surface area contributed by atoms with Crippen LogP contribution in [0.2, 0.25) is 0 Å². The fraction of sp³-hybridized carbons (Fsp3) is 0.429. The van der Waals surface area contributed by atoms with Gasteiger partial charge in [0.05, 0.1) is 6.61 Å². The number of aliphatic hydroxyl groups excluding tert-OH is 1. The van der Waals surface area contributed by atoms with E-state index in [-0.39, 0.29) is 0 Å². The molecule has 2 nitrogen and oxygen atoms in total. The van der Waals surface area contributed by atoms with Gasteiger partial charge in [-0.15, -0.1) is 0 Å². The normalized spacial score (nSPS) is 18.6. The third-order valence-electron chi connectivity index (χ3n) is 4.94. The van der Waals surface area contributed by atoms with Crippen molar-refractivity contribution in [1.82, 2.24) is 4.90 Å². The van der Waals surface area contributed by atoms with Crippen LogP contribution < -0.4 is 0 Å². The fourth-order valence-electron chi connectivity index (χ4n) is 3.77. The number of likely N-dealkylation sites (tertiary alicyclic amines) is 1. The molecule has 1 atom stereocenters. The van der Waals surface area contributed by atoms with Crippen LogP contribution >= 0.6 is 0 Å². The summed E-state index contributed by atoms with van der Waals surface area (Å²) in [6.45, 7) is 2.50. The monoisotopic (exact) mass is 309 g/mol. The molecule has 0 bridgehead atoms. The van der Waals surface area contributed by atoms with Crippen molar-refractivity contribution in [3.8, 4) is 0 Å². The molecule has 0 radical (unpaired) electrons. The van der Waals surface area contributed by atoms with Crippen LogP contribution in [0.4, 0.5) is 0 Å². The maximum absolute atomic E-state index is 9.59. The highest BCUT2D eigenvalue weighted by molar-refractivity contribution is 5.18. The minimum Gasteiger partial charge on any atom is -0.395 e. The third-order valence-corrected chi connectivity index (χ3v) is 4.94. The first kappa shape index (κ1) is 16.2. The summed E-state index contributed by atoms with van der Waals surface area (Å²) in [6.07, 6.45) is 4.56. The molecule has 0 unspecified atom stereocenters. The molecular weight excluding hydrogens is 282 g/mol. The molecule has 23 heavy (non-hydrogen) atoms. The van der Waals surface area contributed by atoms with E-state index in [4.69, 9.17) is 0 Å². The van der Waals surface area contributed by atoms with Gasteiger partial charge in [0.25, 0.3) is 0 Å². The molecule has 1 aliphatic heterocycles. The number of hydrogen-bond donors (Lipinski definition) is 1. The zero-order chi connectivity index (χ0) is 15.9. The Kier molecular flexibility index (Phi) is 5.84. The van der Waals surface area contributed by atoms with Gasteiger partial charge >= 0.3 is 0 Å². The minimum absolute atomic E-state index is 0.295. The van der Waals surface area contributed by atoms with E-state index in [0.29, 0.717) is 18.6 Å². The van der Waals surface area contributed by atoms with Gasteiger partial charge in [0.1, 0.15) is 0 Å². The van der Waals surface area contributed by atoms with Crippen molar-refractivity contribution in [2.24, 2.45) is 5.92 Å². The van der Waals surface area contributed by atoms with E-state index in [0.717, 1.165) is 32.4 Å². The summed E-state index contributed by atoms with van der Waals surface area (Å²) in [5, 5.41) is 9.59. The molecule has 0 spiro atoms. The molecular formula is C21H27NO. The van der Waals surface area contributed by atoms with Gasteiger partial charge in [-0.05, 0) is 49.3 Å². The summed E-state index contributed by atoms with van der Waals surface area (Å²) in [5.74, 6) is 0.590. The first-order chi connectivity index (χ1) is 11.3. The lowest BCUT2D eigenvalue weighted by atomic mass is 9.92. The lowest BCUT2D eigenvalue weighted by Gasteiger charge is -2.28. The highest BCUT2D eigenvalue weighted by Gasteiger charge is 2.26. The molecule has 1 fully saturated rings. The fourth-order valence-corrected chi connectivity index (χ4v) is 3.77. The van der Waals surface area contributed by atoms with Gasteiger partial charge in [-0.1, -0.05) is 60.7 Å². The van der Waals surface area contributed by atoms with E-state index in [1.807, 2.05) is 0 Å². The average molecular weight is 309 g/mol.